The summed E-state index contributed by atoms with van der Waals surface area (Å²) in [6, 6.07) is 22.0. The van der Waals surface area contributed by atoms with Gasteiger partial charge in [0.15, 0.2) is 23.0 Å². The van der Waals surface area contributed by atoms with Crippen molar-refractivity contribution in [1.82, 2.24) is 0 Å². The average molecular weight is 981 g/mol. The van der Waals surface area contributed by atoms with Gasteiger partial charge in [0.1, 0.15) is 24.7 Å². The Morgan fingerprint density at radius 3 is 1.28 bits per heavy atom. The second kappa shape index (κ2) is 27.8. The molecule has 376 valence electrons. The molecule has 0 amide bonds. The number of rotatable bonds is 25. The van der Waals surface area contributed by atoms with Crippen LogP contribution in [0, 0.1) is 11.8 Å². The lowest BCUT2D eigenvalue weighted by atomic mass is 9.82. The van der Waals surface area contributed by atoms with E-state index in [0.29, 0.717) is 50.7 Å². The molecular formula is C53H56O18. The standard InChI is InChI=1S/C53H56O18/c1-5-7-47(55)64-28-26-34-8-18-40(19-9-34)68-52(60)38-16-22-42(44(32-38)62-3)70-50(58)36-12-14-37(15-13-36)51(59)71-43-23-17-39(33-45(43)63-4)53(61)69-41-20-10-35(11-21-41)27-29-65-48(56)24-25-49(57)67-31-30-66-46(54)6-2/h6,8-11,16-23,32-33,36-37H,2,5,7,12-15,24-31H2,1,3-4H3. The Morgan fingerprint density at radius 2 is 0.887 bits per heavy atom. The van der Waals surface area contributed by atoms with E-state index in [1.165, 1.54) is 50.6 Å². The first-order chi connectivity index (χ1) is 34.3. The van der Waals surface area contributed by atoms with Crippen LogP contribution in [0.15, 0.2) is 97.6 Å². The van der Waals surface area contributed by atoms with Crippen molar-refractivity contribution >= 4 is 47.8 Å². The Bertz CT molecular complexity index is 2500. The molecule has 0 unspecified atom stereocenters. The van der Waals surface area contributed by atoms with Gasteiger partial charge >= 0.3 is 47.8 Å². The van der Waals surface area contributed by atoms with Gasteiger partial charge in [-0.15, -0.1) is 0 Å². The molecule has 0 atom stereocenters. The van der Waals surface area contributed by atoms with Gasteiger partial charge in [-0.25, -0.2) is 14.4 Å². The van der Waals surface area contributed by atoms with E-state index in [0.717, 1.165) is 23.6 Å². The third kappa shape index (κ3) is 17.5. The number of esters is 8. The molecule has 1 aliphatic rings. The number of carbonyl (C=O) groups is 8. The van der Waals surface area contributed by atoms with Gasteiger partial charge in [-0.1, -0.05) is 37.8 Å². The summed E-state index contributed by atoms with van der Waals surface area (Å²) in [6.45, 7) is 5.20. The van der Waals surface area contributed by atoms with Crippen molar-refractivity contribution in [2.45, 2.75) is 71.1 Å². The second-order valence-corrected chi connectivity index (χ2v) is 16.0. The molecule has 0 aliphatic heterocycles. The third-order valence-corrected chi connectivity index (χ3v) is 10.9. The summed E-state index contributed by atoms with van der Waals surface area (Å²) in [5.41, 5.74) is 2.00. The maximum Gasteiger partial charge on any atom is 0.343 e. The number of hydrogen-bond donors (Lipinski definition) is 0. The zero-order chi connectivity index (χ0) is 51.1. The lowest BCUT2D eigenvalue weighted by Crippen LogP contribution is -2.30. The summed E-state index contributed by atoms with van der Waals surface area (Å²) in [7, 11) is 2.75. The monoisotopic (exact) mass is 980 g/mol. The molecule has 1 saturated carbocycles. The van der Waals surface area contributed by atoms with Crippen LogP contribution >= 0.6 is 0 Å². The molecule has 4 aromatic rings. The van der Waals surface area contributed by atoms with E-state index in [4.69, 9.17) is 47.4 Å². The maximum absolute atomic E-state index is 13.3. The van der Waals surface area contributed by atoms with Gasteiger partial charge in [0.25, 0.3) is 0 Å². The van der Waals surface area contributed by atoms with Gasteiger partial charge in [-0.2, -0.15) is 0 Å². The van der Waals surface area contributed by atoms with Crippen molar-refractivity contribution in [3.8, 4) is 34.5 Å². The van der Waals surface area contributed by atoms with Crippen molar-refractivity contribution in [1.29, 1.82) is 0 Å². The number of ether oxygens (including phenoxy) is 10. The number of carbonyl (C=O) groups excluding carboxylic acids is 8. The molecule has 1 aliphatic carbocycles. The van der Waals surface area contributed by atoms with Crippen molar-refractivity contribution in [2.24, 2.45) is 11.8 Å². The quantitative estimate of drug-likeness (QED) is 0.0206. The Hall–Kier alpha value is -8.02. The van der Waals surface area contributed by atoms with Crippen LogP contribution in [0.4, 0.5) is 0 Å². The minimum atomic E-state index is -0.695. The van der Waals surface area contributed by atoms with E-state index < -0.39 is 53.6 Å². The van der Waals surface area contributed by atoms with Crippen molar-refractivity contribution in [3.05, 3.63) is 120 Å². The average Bonchev–Trinajstić information content (AvgIpc) is 3.38. The predicted octanol–water partition coefficient (Wildman–Crippen LogP) is 7.48. The van der Waals surface area contributed by atoms with E-state index in [2.05, 4.69) is 6.58 Å². The highest BCUT2D eigenvalue weighted by Gasteiger charge is 2.33. The molecular weight excluding hydrogens is 925 g/mol. The summed E-state index contributed by atoms with van der Waals surface area (Å²) in [4.78, 5) is 98.9. The SMILES string of the molecule is C=CC(=O)OCCOC(=O)CCC(=O)OCCc1ccc(OC(=O)c2ccc(OC(=O)C3CCC(C(=O)Oc4ccc(C(=O)Oc5ccc(CCOC(=O)CCC)cc5)cc4OC)CC3)c(OC)c2)cc1. The van der Waals surface area contributed by atoms with Crippen LogP contribution in [0.5, 0.6) is 34.5 Å². The molecule has 0 aromatic heterocycles. The van der Waals surface area contributed by atoms with E-state index in [9.17, 15) is 38.4 Å². The number of hydrogen-bond acceptors (Lipinski definition) is 18. The Labute approximate surface area is 410 Å². The lowest BCUT2D eigenvalue weighted by Gasteiger charge is -2.26. The van der Waals surface area contributed by atoms with Crippen LogP contribution in [0.1, 0.15) is 90.1 Å². The largest absolute Gasteiger partial charge is 0.493 e. The second-order valence-electron chi connectivity index (χ2n) is 16.0. The van der Waals surface area contributed by atoms with Crippen LogP contribution in [-0.4, -0.2) is 88.4 Å². The fraction of sp³-hybridized carbons (Fsp3) is 0.358. The smallest absolute Gasteiger partial charge is 0.343 e. The van der Waals surface area contributed by atoms with Crippen LogP contribution in [-0.2, 0) is 60.6 Å². The first kappa shape index (κ1) is 53.9. The summed E-state index contributed by atoms with van der Waals surface area (Å²) < 4.78 is 53.3. The van der Waals surface area contributed by atoms with Gasteiger partial charge in [-0.05, 0) is 104 Å². The molecule has 0 heterocycles. The molecule has 0 saturated heterocycles. The maximum atomic E-state index is 13.3. The predicted molar refractivity (Wildman–Crippen MR) is 251 cm³/mol. The molecule has 0 N–H and O–H groups in total. The fourth-order valence-corrected chi connectivity index (χ4v) is 7.03. The van der Waals surface area contributed by atoms with E-state index >= 15 is 0 Å². The fourth-order valence-electron chi connectivity index (χ4n) is 7.03. The first-order valence-electron chi connectivity index (χ1n) is 23.0. The van der Waals surface area contributed by atoms with Crippen LogP contribution < -0.4 is 28.4 Å². The summed E-state index contributed by atoms with van der Waals surface area (Å²) in [5, 5.41) is 0. The highest BCUT2D eigenvalue weighted by molar-refractivity contribution is 5.93. The molecule has 0 radical (unpaired) electrons. The summed E-state index contributed by atoms with van der Waals surface area (Å²) in [6.07, 6.45) is 3.99. The van der Waals surface area contributed by atoms with Crippen molar-refractivity contribution < 1.29 is 85.7 Å². The van der Waals surface area contributed by atoms with Crippen LogP contribution in [0.25, 0.3) is 0 Å². The topological polar surface area (TPSA) is 229 Å². The molecule has 0 bridgehead atoms. The lowest BCUT2D eigenvalue weighted by molar-refractivity contribution is -0.152. The molecule has 5 rings (SSSR count). The summed E-state index contributed by atoms with van der Waals surface area (Å²) in [5.74, 6) is -4.44. The van der Waals surface area contributed by atoms with Gasteiger partial charge in [0.2, 0.25) is 0 Å². The van der Waals surface area contributed by atoms with Gasteiger partial charge < -0.3 is 47.4 Å². The highest BCUT2D eigenvalue weighted by Crippen LogP contribution is 2.36. The Morgan fingerprint density at radius 1 is 0.493 bits per heavy atom. The molecule has 1 fully saturated rings. The van der Waals surface area contributed by atoms with Crippen LogP contribution in [0.2, 0.25) is 0 Å². The molecule has 4 aromatic carbocycles. The Kier molecular flexibility index (Phi) is 21.1. The zero-order valence-electron chi connectivity index (χ0n) is 39.8. The zero-order valence-corrected chi connectivity index (χ0v) is 39.8. The minimum absolute atomic E-state index is 0.0508. The van der Waals surface area contributed by atoms with E-state index in [1.54, 1.807) is 48.5 Å². The summed E-state index contributed by atoms with van der Waals surface area (Å²) >= 11 is 0. The molecule has 71 heavy (non-hydrogen) atoms. The van der Waals surface area contributed by atoms with E-state index in [-0.39, 0.29) is 85.1 Å². The van der Waals surface area contributed by atoms with Gasteiger partial charge in [0.05, 0.1) is 63.2 Å². The molecule has 18 heteroatoms. The van der Waals surface area contributed by atoms with Gasteiger partial charge in [-0.3, -0.25) is 24.0 Å². The van der Waals surface area contributed by atoms with Crippen molar-refractivity contribution in [3.63, 3.8) is 0 Å². The Balaban J connectivity index is 1.02. The first-order valence-corrected chi connectivity index (χ1v) is 23.0. The normalized spacial score (nSPS) is 13.8. The molecule has 0 spiro atoms. The van der Waals surface area contributed by atoms with Crippen molar-refractivity contribution in [2.75, 3.05) is 40.6 Å². The number of benzene rings is 4. The van der Waals surface area contributed by atoms with E-state index in [1.807, 2.05) is 6.92 Å². The van der Waals surface area contributed by atoms with Gasteiger partial charge in [0, 0.05) is 25.3 Å². The van der Waals surface area contributed by atoms with Crippen LogP contribution in [0.3, 0.4) is 0 Å². The third-order valence-electron chi connectivity index (χ3n) is 10.9. The minimum Gasteiger partial charge on any atom is -0.493 e. The number of methoxy groups -OCH3 is 2. The molecule has 18 nitrogen and oxygen atoms in total. The highest BCUT2D eigenvalue weighted by atomic mass is 16.6.